The standard InChI is InChI=1S/C23H24N4OS/c24-23(29)25-15-20(28)27-22(17-10-5-2-6-11-17)19-13-7-12-18(21(19)26-27)14-16-8-3-1-4-9-16/h1-6,8-11,14,19,22H,7,12-13,15H2,(H3,24,25,29)/b18-14+/t19-,22+/m0/s1. The van der Waals surface area contributed by atoms with Gasteiger partial charge in [0.1, 0.15) is 0 Å². The molecule has 1 saturated carbocycles. The number of allylic oxidation sites excluding steroid dienone is 1. The summed E-state index contributed by atoms with van der Waals surface area (Å²) in [6.07, 6.45) is 5.27. The molecule has 0 radical (unpaired) electrons. The van der Waals surface area contributed by atoms with Crippen LogP contribution >= 0.6 is 12.2 Å². The van der Waals surface area contributed by atoms with E-state index in [4.69, 9.17) is 23.1 Å². The summed E-state index contributed by atoms with van der Waals surface area (Å²) < 4.78 is 0. The normalized spacial score (nSPS) is 22.1. The van der Waals surface area contributed by atoms with Gasteiger partial charge in [-0.2, -0.15) is 5.10 Å². The Labute approximate surface area is 176 Å². The van der Waals surface area contributed by atoms with Crippen molar-refractivity contribution in [1.29, 1.82) is 0 Å². The van der Waals surface area contributed by atoms with Crippen molar-refractivity contribution in [2.75, 3.05) is 6.54 Å². The largest absolute Gasteiger partial charge is 0.376 e. The molecule has 0 spiro atoms. The van der Waals surface area contributed by atoms with Crippen molar-refractivity contribution in [1.82, 2.24) is 10.3 Å². The van der Waals surface area contributed by atoms with E-state index < -0.39 is 0 Å². The van der Waals surface area contributed by atoms with E-state index in [1.165, 1.54) is 5.57 Å². The summed E-state index contributed by atoms with van der Waals surface area (Å²) in [4.78, 5) is 13.0. The first-order chi connectivity index (χ1) is 14.1. The molecule has 2 aromatic rings. The molecule has 0 saturated heterocycles. The van der Waals surface area contributed by atoms with E-state index in [9.17, 15) is 4.79 Å². The van der Waals surface area contributed by atoms with Gasteiger partial charge in [-0.05, 0) is 54.3 Å². The minimum atomic E-state index is -0.132. The molecule has 1 amide bonds. The smallest absolute Gasteiger partial charge is 0.262 e. The molecule has 2 atom stereocenters. The van der Waals surface area contributed by atoms with Crippen LogP contribution in [0.4, 0.5) is 0 Å². The molecule has 1 fully saturated rings. The quantitative estimate of drug-likeness (QED) is 0.764. The molecule has 0 aromatic heterocycles. The fourth-order valence-electron chi connectivity index (χ4n) is 4.18. The molecular weight excluding hydrogens is 380 g/mol. The van der Waals surface area contributed by atoms with Crippen LogP contribution in [0, 0.1) is 5.92 Å². The zero-order valence-electron chi connectivity index (χ0n) is 16.1. The lowest BCUT2D eigenvalue weighted by Gasteiger charge is -2.29. The van der Waals surface area contributed by atoms with Gasteiger partial charge in [0.25, 0.3) is 5.91 Å². The van der Waals surface area contributed by atoms with Gasteiger partial charge in [0.15, 0.2) is 5.11 Å². The Balaban J connectivity index is 1.70. The van der Waals surface area contributed by atoms with E-state index in [2.05, 4.69) is 35.7 Å². The predicted molar refractivity (Wildman–Crippen MR) is 120 cm³/mol. The van der Waals surface area contributed by atoms with Gasteiger partial charge in [0.2, 0.25) is 0 Å². The maximum atomic E-state index is 13.0. The first kappa shape index (κ1) is 19.3. The van der Waals surface area contributed by atoms with Crippen LogP contribution < -0.4 is 11.1 Å². The first-order valence-electron chi connectivity index (χ1n) is 9.88. The number of fused-ring (bicyclic) bond motifs is 1. The number of carbonyl (C=O) groups is 1. The molecule has 1 aliphatic heterocycles. The van der Waals surface area contributed by atoms with Crippen LogP contribution in [-0.4, -0.2) is 28.3 Å². The third kappa shape index (κ3) is 4.22. The molecule has 0 unspecified atom stereocenters. The molecule has 1 heterocycles. The highest BCUT2D eigenvalue weighted by atomic mass is 32.1. The number of nitrogens with two attached hydrogens (primary N) is 1. The van der Waals surface area contributed by atoms with Crippen LogP contribution in [0.5, 0.6) is 0 Å². The molecule has 0 bridgehead atoms. The average Bonchev–Trinajstić information content (AvgIpc) is 3.14. The van der Waals surface area contributed by atoms with Crippen LogP contribution in [0.25, 0.3) is 6.08 Å². The molecule has 6 heteroatoms. The zero-order valence-corrected chi connectivity index (χ0v) is 16.9. The number of hydrogen-bond acceptors (Lipinski definition) is 3. The number of rotatable bonds is 4. The Morgan fingerprint density at radius 1 is 1.17 bits per heavy atom. The molecule has 4 rings (SSSR count). The number of nitrogens with one attached hydrogen (secondary N) is 1. The van der Waals surface area contributed by atoms with Gasteiger partial charge in [0.05, 0.1) is 18.3 Å². The van der Waals surface area contributed by atoms with Gasteiger partial charge >= 0.3 is 0 Å². The highest BCUT2D eigenvalue weighted by Gasteiger charge is 2.43. The summed E-state index contributed by atoms with van der Waals surface area (Å²) in [7, 11) is 0. The second-order valence-corrected chi connectivity index (χ2v) is 7.82. The number of amides is 1. The Hall–Kier alpha value is -2.99. The van der Waals surface area contributed by atoms with E-state index in [0.29, 0.717) is 0 Å². The molecule has 2 aromatic carbocycles. The topological polar surface area (TPSA) is 70.7 Å². The molecular formula is C23H24N4OS. The average molecular weight is 405 g/mol. The second kappa shape index (κ2) is 8.57. The lowest BCUT2D eigenvalue weighted by Crippen LogP contribution is -2.41. The van der Waals surface area contributed by atoms with Crippen LogP contribution in [0.15, 0.2) is 71.3 Å². The number of nitrogens with zero attached hydrogens (tertiary/aromatic N) is 2. The van der Waals surface area contributed by atoms with Gasteiger partial charge in [-0.25, -0.2) is 5.01 Å². The van der Waals surface area contributed by atoms with Gasteiger partial charge < -0.3 is 11.1 Å². The van der Waals surface area contributed by atoms with Gasteiger partial charge in [-0.15, -0.1) is 0 Å². The van der Waals surface area contributed by atoms with Crippen molar-refractivity contribution in [3.05, 3.63) is 77.4 Å². The van der Waals surface area contributed by atoms with E-state index in [1.807, 2.05) is 36.4 Å². The molecule has 3 N–H and O–H groups in total. The van der Waals surface area contributed by atoms with Crippen LogP contribution in [-0.2, 0) is 4.79 Å². The zero-order chi connectivity index (χ0) is 20.2. The van der Waals surface area contributed by atoms with Gasteiger partial charge in [0, 0.05) is 5.92 Å². The maximum absolute atomic E-state index is 13.0. The van der Waals surface area contributed by atoms with E-state index in [-0.39, 0.29) is 29.5 Å². The highest BCUT2D eigenvalue weighted by Crippen LogP contribution is 2.44. The Bertz CT molecular complexity index is 955. The number of hydrogen-bond donors (Lipinski definition) is 2. The molecule has 148 valence electrons. The van der Waals surface area contributed by atoms with E-state index >= 15 is 0 Å². The van der Waals surface area contributed by atoms with Gasteiger partial charge in [-0.3, -0.25) is 4.79 Å². The number of benzene rings is 2. The molecule has 1 aliphatic carbocycles. The van der Waals surface area contributed by atoms with Gasteiger partial charge in [-0.1, -0.05) is 60.7 Å². The van der Waals surface area contributed by atoms with Crippen molar-refractivity contribution >= 4 is 35.0 Å². The second-order valence-electron chi connectivity index (χ2n) is 7.38. The summed E-state index contributed by atoms with van der Waals surface area (Å²) in [5, 5.41) is 9.34. The lowest BCUT2D eigenvalue weighted by atomic mass is 9.77. The summed E-state index contributed by atoms with van der Waals surface area (Å²) in [5.74, 6) is 0.0579. The Morgan fingerprint density at radius 2 is 1.86 bits per heavy atom. The maximum Gasteiger partial charge on any atom is 0.262 e. The SMILES string of the molecule is NC(=S)NCC(=O)N1N=C2/C(=C/c3ccccc3)CCC[C@@H]2[C@H]1c1ccccc1. The molecule has 29 heavy (non-hydrogen) atoms. The highest BCUT2D eigenvalue weighted by molar-refractivity contribution is 7.80. The van der Waals surface area contributed by atoms with Crippen molar-refractivity contribution < 1.29 is 4.79 Å². The summed E-state index contributed by atoms with van der Waals surface area (Å²) in [6.45, 7) is 0.0416. The van der Waals surface area contributed by atoms with Crippen molar-refractivity contribution in [3.8, 4) is 0 Å². The van der Waals surface area contributed by atoms with Crippen LogP contribution in [0.3, 0.4) is 0 Å². The van der Waals surface area contributed by atoms with Crippen molar-refractivity contribution in [2.24, 2.45) is 16.8 Å². The lowest BCUT2D eigenvalue weighted by molar-refractivity contribution is -0.132. The molecule has 5 nitrogen and oxygen atoms in total. The predicted octanol–water partition coefficient (Wildman–Crippen LogP) is 3.64. The third-order valence-corrected chi connectivity index (χ3v) is 5.60. The Morgan fingerprint density at radius 3 is 2.55 bits per heavy atom. The summed E-state index contributed by atoms with van der Waals surface area (Å²) >= 11 is 4.86. The van der Waals surface area contributed by atoms with E-state index in [1.54, 1.807) is 5.01 Å². The fourth-order valence-corrected chi connectivity index (χ4v) is 4.26. The molecule has 2 aliphatic rings. The monoisotopic (exact) mass is 404 g/mol. The fraction of sp³-hybridized carbons (Fsp3) is 0.261. The number of hydrazone groups is 1. The third-order valence-electron chi connectivity index (χ3n) is 5.45. The minimum Gasteiger partial charge on any atom is -0.376 e. The van der Waals surface area contributed by atoms with Crippen molar-refractivity contribution in [3.63, 3.8) is 0 Å². The number of thiocarbonyl (C=S) groups is 1. The first-order valence-corrected chi connectivity index (χ1v) is 10.3. The number of carbonyl (C=O) groups excluding carboxylic acids is 1. The van der Waals surface area contributed by atoms with E-state index in [0.717, 1.165) is 36.1 Å². The summed E-state index contributed by atoms with van der Waals surface area (Å²) in [6, 6.07) is 20.3. The Kier molecular flexibility index (Phi) is 5.71. The van der Waals surface area contributed by atoms with Crippen LogP contribution in [0.2, 0.25) is 0 Å². The minimum absolute atomic E-state index is 0.0416. The van der Waals surface area contributed by atoms with Crippen molar-refractivity contribution in [2.45, 2.75) is 25.3 Å². The summed E-state index contributed by atoms with van der Waals surface area (Å²) in [5.41, 5.74) is 10.0. The van der Waals surface area contributed by atoms with Crippen LogP contribution in [0.1, 0.15) is 36.4 Å².